The van der Waals surface area contributed by atoms with Crippen LogP contribution in [0, 0.1) is 11.3 Å². The number of thioether (sulfide) groups is 1. The highest BCUT2D eigenvalue weighted by Gasteiger charge is 2.11. The zero-order valence-corrected chi connectivity index (χ0v) is 13.0. The van der Waals surface area contributed by atoms with Crippen molar-refractivity contribution < 1.29 is 0 Å². The third kappa shape index (κ3) is 3.27. The third-order valence-corrected chi connectivity index (χ3v) is 4.18. The first-order valence-electron chi connectivity index (χ1n) is 6.86. The average Bonchev–Trinajstić information content (AvgIpc) is 3.02. The highest BCUT2D eigenvalue weighted by molar-refractivity contribution is 7.98. The van der Waals surface area contributed by atoms with Gasteiger partial charge >= 0.3 is 0 Å². The molecule has 0 unspecified atom stereocenters. The molecule has 2 heterocycles. The molecule has 0 aliphatic rings. The van der Waals surface area contributed by atoms with Gasteiger partial charge in [-0.2, -0.15) is 10.4 Å². The van der Waals surface area contributed by atoms with Crippen molar-refractivity contribution in [3.8, 4) is 11.8 Å². The second-order valence-electron chi connectivity index (χ2n) is 4.80. The Labute approximate surface area is 137 Å². The van der Waals surface area contributed by atoms with Gasteiger partial charge in [-0.15, -0.1) is 0 Å². The minimum absolute atomic E-state index is 0.304. The van der Waals surface area contributed by atoms with Crippen LogP contribution in [0.4, 0.5) is 11.5 Å². The maximum Gasteiger partial charge on any atom is 0.126 e. The number of aromatic nitrogens is 3. The normalized spacial score (nSPS) is 10.4. The highest BCUT2D eigenvalue weighted by atomic mass is 32.2. The van der Waals surface area contributed by atoms with Crippen LogP contribution < -0.4 is 11.5 Å². The fourth-order valence-electron chi connectivity index (χ4n) is 2.08. The Morgan fingerprint density at radius 1 is 1.17 bits per heavy atom. The zero-order valence-electron chi connectivity index (χ0n) is 12.2. The van der Waals surface area contributed by atoms with Crippen molar-refractivity contribution in [3.05, 3.63) is 59.9 Å². The van der Waals surface area contributed by atoms with Crippen LogP contribution in [-0.4, -0.2) is 14.8 Å². The molecule has 0 saturated heterocycles. The summed E-state index contributed by atoms with van der Waals surface area (Å²) in [5, 5.41) is 14.2. The van der Waals surface area contributed by atoms with Gasteiger partial charge in [-0.25, -0.2) is 9.67 Å². The number of nitrogens with two attached hydrogens (primary N) is 2. The molecule has 0 bridgehead atoms. The summed E-state index contributed by atoms with van der Waals surface area (Å²) in [5.74, 6) is 0.878. The molecule has 114 valence electrons. The Bertz CT molecular complexity index is 866. The lowest BCUT2D eigenvalue weighted by Crippen LogP contribution is -2.00. The van der Waals surface area contributed by atoms with Gasteiger partial charge in [-0.05, 0) is 18.2 Å². The molecule has 0 saturated carbocycles. The van der Waals surface area contributed by atoms with Gasteiger partial charge < -0.3 is 11.5 Å². The minimum Gasteiger partial charge on any atom is -0.397 e. The molecule has 3 rings (SSSR count). The molecule has 0 fully saturated rings. The van der Waals surface area contributed by atoms with Crippen molar-refractivity contribution >= 4 is 23.3 Å². The van der Waals surface area contributed by atoms with Gasteiger partial charge in [-0.3, -0.25) is 0 Å². The summed E-state index contributed by atoms with van der Waals surface area (Å²) in [5.41, 5.74) is 14.1. The molecule has 7 heteroatoms. The van der Waals surface area contributed by atoms with Gasteiger partial charge in [-0.1, -0.05) is 30.0 Å². The van der Waals surface area contributed by atoms with E-state index in [-0.39, 0.29) is 0 Å². The molecular weight excluding hydrogens is 308 g/mol. The van der Waals surface area contributed by atoms with Gasteiger partial charge in [0.25, 0.3) is 0 Å². The van der Waals surface area contributed by atoms with E-state index in [1.807, 2.05) is 47.3 Å². The number of anilines is 2. The minimum atomic E-state index is 0.304. The van der Waals surface area contributed by atoms with Crippen LogP contribution in [0.15, 0.2) is 53.7 Å². The summed E-state index contributed by atoms with van der Waals surface area (Å²) >= 11 is 1.39. The van der Waals surface area contributed by atoms with Crippen molar-refractivity contribution in [1.29, 1.82) is 5.26 Å². The van der Waals surface area contributed by atoms with Crippen LogP contribution in [0.1, 0.15) is 11.3 Å². The lowest BCUT2D eigenvalue weighted by atomic mass is 10.2. The van der Waals surface area contributed by atoms with E-state index in [0.717, 1.165) is 11.4 Å². The van der Waals surface area contributed by atoms with E-state index in [0.29, 0.717) is 27.8 Å². The number of nitrogens with zero attached hydrogens (tertiary/aromatic N) is 4. The number of rotatable bonds is 4. The Morgan fingerprint density at radius 3 is 2.70 bits per heavy atom. The SMILES string of the molecule is N#Cc1c(N)cc(N)nc1SCc1ccn(-c2ccccc2)n1. The summed E-state index contributed by atoms with van der Waals surface area (Å²) in [6.07, 6.45) is 1.90. The van der Waals surface area contributed by atoms with E-state index in [4.69, 9.17) is 11.5 Å². The Morgan fingerprint density at radius 2 is 1.96 bits per heavy atom. The van der Waals surface area contributed by atoms with Crippen molar-refractivity contribution in [2.24, 2.45) is 0 Å². The Balaban J connectivity index is 1.78. The Hall–Kier alpha value is -2.98. The highest BCUT2D eigenvalue weighted by Crippen LogP contribution is 2.28. The molecule has 0 atom stereocenters. The van der Waals surface area contributed by atoms with Crippen LogP contribution >= 0.6 is 11.8 Å². The fourth-order valence-corrected chi connectivity index (χ4v) is 3.00. The van der Waals surface area contributed by atoms with Gasteiger partial charge in [0.2, 0.25) is 0 Å². The van der Waals surface area contributed by atoms with E-state index in [1.165, 1.54) is 17.8 Å². The van der Waals surface area contributed by atoms with E-state index < -0.39 is 0 Å². The number of pyridine rings is 1. The predicted molar refractivity (Wildman–Crippen MR) is 90.9 cm³/mol. The van der Waals surface area contributed by atoms with E-state index in [1.54, 1.807) is 0 Å². The van der Waals surface area contributed by atoms with Crippen LogP contribution in [-0.2, 0) is 5.75 Å². The largest absolute Gasteiger partial charge is 0.397 e. The first-order chi connectivity index (χ1) is 11.2. The molecule has 4 N–H and O–H groups in total. The van der Waals surface area contributed by atoms with Crippen molar-refractivity contribution in [3.63, 3.8) is 0 Å². The molecule has 0 aliphatic carbocycles. The summed E-state index contributed by atoms with van der Waals surface area (Å²) in [6.45, 7) is 0. The first-order valence-corrected chi connectivity index (χ1v) is 7.85. The summed E-state index contributed by atoms with van der Waals surface area (Å²) in [4.78, 5) is 4.19. The molecule has 0 radical (unpaired) electrons. The second-order valence-corrected chi connectivity index (χ2v) is 5.77. The lowest BCUT2D eigenvalue weighted by molar-refractivity contribution is 0.859. The number of benzene rings is 1. The van der Waals surface area contributed by atoms with Crippen molar-refractivity contribution in [2.75, 3.05) is 11.5 Å². The Kier molecular flexibility index (Phi) is 4.17. The number of hydrogen-bond acceptors (Lipinski definition) is 6. The standard InChI is InChI=1S/C16H14N6S/c17-9-13-14(18)8-15(19)20-16(13)23-10-11-6-7-22(21-11)12-4-2-1-3-5-12/h1-8H,10H2,(H4,18,19,20). The molecule has 2 aromatic heterocycles. The van der Waals surface area contributed by atoms with E-state index in [2.05, 4.69) is 16.2 Å². The maximum atomic E-state index is 9.20. The maximum absolute atomic E-state index is 9.20. The number of nitrogen functional groups attached to an aromatic ring is 2. The predicted octanol–water partition coefficient (Wildman–Crippen LogP) is 2.60. The number of nitriles is 1. The molecule has 3 aromatic rings. The van der Waals surface area contributed by atoms with Gasteiger partial charge in [0.15, 0.2) is 0 Å². The third-order valence-electron chi connectivity index (χ3n) is 3.17. The molecule has 23 heavy (non-hydrogen) atoms. The van der Waals surface area contributed by atoms with Crippen LogP contribution in [0.2, 0.25) is 0 Å². The fraction of sp³-hybridized carbons (Fsp3) is 0.0625. The van der Waals surface area contributed by atoms with E-state index in [9.17, 15) is 5.26 Å². The summed E-state index contributed by atoms with van der Waals surface area (Å²) in [6, 6.07) is 15.3. The monoisotopic (exact) mass is 322 g/mol. The van der Waals surface area contributed by atoms with Gasteiger partial charge in [0.1, 0.15) is 22.5 Å². The van der Waals surface area contributed by atoms with E-state index >= 15 is 0 Å². The number of para-hydroxylation sites is 1. The molecule has 0 amide bonds. The van der Waals surface area contributed by atoms with Gasteiger partial charge in [0.05, 0.1) is 17.1 Å². The summed E-state index contributed by atoms with van der Waals surface area (Å²) in [7, 11) is 0. The second kappa shape index (κ2) is 6.42. The molecule has 0 spiro atoms. The van der Waals surface area contributed by atoms with Crippen molar-refractivity contribution in [2.45, 2.75) is 10.8 Å². The van der Waals surface area contributed by atoms with Crippen molar-refractivity contribution in [1.82, 2.24) is 14.8 Å². The molecular formula is C16H14N6S. The zero-order chi connectivity index (χ0) is 16.2. The molecule has 1 aromatic carbocycles. The van der Waals surface area contributed by atoms with Crippen LogP contribution in [0.25, 0.3) is 5.69 Å². The van der Waals surface area contributed by atoms with Gasteiger partial charge in [0, 0.05) is 18.0 Å². The lowest BCUT2D eigenvalue weighted by Gasteiger charge is -2.06. The summed E-state index contributed by atoms with van der Waals surface area (Å²) < 4.78 is 1.81. The molecule has 0 aliphatic heterocycles. The average molecular weight is 322 g/mol. The first kappa shape index (κ1) is 14.9. The van der Waals surface area contributed by atoms with Crippen LogP contribution in [0.5, 0.6) is 0 Å². The molecule has 6 nitrogen and oxygen atoms in total. The quantitative estimate of drug-likeness (QED) is 0.715. The topological polar surface area (TPSA) is 107 Å². The smallest absolute Gasteiger partial charge is 0.126 e. The number of hydrogen-bond donors (Lipinski definition) is 2. The van der Waals surface area contributed by atoms with Crippen LogP contribution in [0.3, 0.4) is 0 Å².